The minimum absolute atomic E-state index is 0.0142. The first-order valence-corrected chi connectivity index (χ1v) is 13.1. The Kier molecular flexibility index (Phi) is 6.65. The number of amides is 1. The Balaban J connectivity index is 1.47. The molecule has 0 unspecified atom stereocenters. The van der Waals surface area contributed by atoms with E-state index in [1.54, 1.807) is 17.5 Å². The molecule has 1 aromatic carbocycles. The third-order valence-electron chi connectivity index (χ3n) is 6.38. The second-order valence-corrected chi connectivity index (χ2v) is 11.7. The van der Waals surface area contributed by atoms with E-state index in [2.05, 4.69) is 15.2 Å². The zero-order chi connectivity index (χ0) is 24.7. The lowest BCUT2D eigenvalue weighted by Crippen LogP contribution is -2.41. The fraction of sp³-hybridized carbons (Fsp3) is 0.462. The van der Waals surface area contributed by atoms with Crippen molar-refractivity contribution in [2.75, 3.05) is 19.7 Å². The number of hydrogen-bond donors (Lipinski definition) is 2. The first kappa shape index (κ1) is 24.3. The number of aromatic nitrogens is 1. The standard InChI is InChI=1S/C26H30ClN3O4S/c1-26(2,3)34-25(32)29-16-5-8-30(13-16)21-6-9-33-22-11-15(27)10-19(23(21)22)18-4-7-28-20-12-17(14-31)35-24(18)20/h4,7,10-12,16,21,31H,5-6,8-9,13-14H2,1-3H3,(H,29,32)/t16-,21-/m1/s1. The summed E-state index contributed by atoms with van der Waals surface area (Å²) in [7, 11) is 0. The van der Waals surface area contributed by atoms with E-state index in [1.165, 1.54) is 0 Å². The van der Waals surface area contributed by atoms with Crippen LogP contribution in [-0.4, -0.2) is 52.4 Å². The van der Waals surface area contributed by atoms with Gasteiger partial charge in [-0.3, -0.25) is 9.88 Å². The molecule has 4 heterocycles. The number of thiophene rings is 1. The molecular weight excluding hydrogens is 486 g/mol. The molecule has 0 aliphatic carbocycles. The van der Waals surface area contributed by atoms with Crippen molar-refractivity contribution in [3.63, 3.8) is 0 Å². The summed E-state index contributed by atoms with van der Waals surface area (Å²) in [5.74, 6) is 0.802. The first-order valence-electron chi connectivity index (χ1n) is 11.9. The van der Waals surface area contributed by atoms with Gasteiger partial charge in [0.2, 0.25) is 0 Å². The van der Waals surface area contributed by atoms with Gasteiger partial charge in [-0.05, 0) is 57.0 Å². The van der Waals surface area contributed by atoms with E-state index >= 15 is 0 Å². The van der Waals surface area contributed by atoms with E-state index in [1.807, 2.05) is 45.0 Å². The van der Waals surface area contributed by atoms with Gasteiger partial charge in [-0.2, -0.15) is 0 Å². The Bertz CT molecular complexity index is 1260. The molecule has 2 aliphatic rings. The molecule has 2 aromatic heterocycles. The molecule has 0 spiro atoms. The lowest BCUT2D eigenvalue weighted by atomic mass is 9.90. The molecular formula is C26H30ClN3O4S. The molecule has 1 fully saturated rings. The fourth-order valence-corrected chi connectivity index (χ4v) is 6.22. The maximum Gasteiger partial charge on any atom is 0.407 e. The third-order valence-corrected chi connectivity index (χ3v) is 7.74. The number of benzene rings is 1. The summed E-state index contributed by atoms with van der Waals surface area (Å²) < 4.78 is 12.6. The summed E-state index contributed by atoms with van der Waals surface area (Å²) >= 11 is 8.10. The number of ether oxygens (including phenoxy) is 2. The molecule has 1 saturated heterocycles. The van der Waals surface area contributed by atoms with Gasteiger partial charge in [0.1, 0.15) is 11.4 Å². The number of aliphatic hydroxyl groups is 1. The predicted octanol–water partition coefficient (Wildman–Crippen LogP) is 5.53. The molecule has 5 rings (SSSR count). The Hall–Kier alpha value is -2.39. The van der Waals surface area contributed by atoms with E-state index in [4.69, 9.17) is 21.1 Å². The van der Waals surface area contributed by atoms with Gasteiger partial charge in [0.05, 0.1) is 23.4 Å². The number of aliphatic hydroxyl groups excluding tert-OH is 1. The molecule has 0 saturated carbocycles. The highest BCUT2D eigenvalue weighted by atomic mass is 35.5. The molecule has 35 heavy (non-hydrogen) atoms. The normalized spacial score (nSPS) is 20.5. The molecule has 186 valence electrons. The van der Waals surface area contributed by atoms with E-state index in [0.29, 0.717) is 11.6 Å². The van der Waals surface area contributed by atoms with Gasteiger partial charge in [0, 0.05) is 58.8 Å². The number of carbonyl (C=O) groups excluding carboxylic acids is 1. The quantitative estimate of drug-likeness (QED) is 0.475. The summed E-state index contributed by atoms with van der Waals surface area (Å²) in [6, 6.07) is 8.00. The van der Waals surface area contributed by atoms with Crippen LogP contribution >= 0.6 is 22.9 Å². The Morgan fingerprint density at radius 1 is 1.31 bits per heavy atom. The third kappa shape index (κ3) is 5.11. The number of nitrogens with one attached hydrogen (secondary N) is 1. The Morgan fingerprint density at radius 3 is 2.91 bits per heavy atom. The van der Waals surface area contributed by atoms with Crippen molar-refractivity contribution in [3.05, 3.63) is 45.9 Å². The van der Waals surface area contributed by atoms with Gasteiger partial charge < -0.3 is 19.9 Å². The summed E-state index contributed by atoms with van der Waals surface area (Å²) in [6.07, 6.45) is 3.13. The zero-order valence-electron chi connectivity index (χ0n) is 20.1. The van der Waals surface area contributed by atoms with Gasteiger partial charge in [-0.25, -0.2) is 4.79 Å². The van der Waals surface area contributed by atoms with Crippen LogP contribution in [0.2, 0.25) is 5.02 Å². The number of pyridine rings is 1. The number of nitrogens with zero attached hydrogens (tertiary/aromatic N) is 2. The Morgan fingerprint density at radius 2 is 2.14 bits per heavy atom. The van der Waals surface area contributed by atoms with Crippen LogP contribution in [0.5, 0.6) is 5.75 Å². The van der Waals surface area contributed by atoms with Gasteiger partial charge in [0.15, 0.2) is 0 Å². The molecule has 9 heteroatoms. The number of fused-ring (bicyclic) bond motifs is 2. The molecule has 3 aromatic rings. The molecule has 0 bridgehead atoms. The summed E-state index contributed by atoms with van der Waals surface area (Å²) in [4.78, 5) is 20.1. The second kappa shape index (κ2) is 9.58. The fourth-order valence-electron chi connectivity index (χ4n) is 5.01. The van der Waals surface area contributed by atoms with Gasteiger partial charge in [0.25, 0.3) is 0 Å². The molecule has 7 nitrogen and oxygen atoms in total. The first-order chi connectivity index (χ1) is 16.7. The van der Waals surface area contributed by atoms with Crippen molar-refractivity contribution in [2.45, 2.75) is 57.9 Å². The average Bonchev–Trinajstić information content (AvgIpc) is 3.43. The highest BCUT2D eigenvalue weighted by Crippen LogP contribution is 2.47. The van der Waals surface area contributed by atoms with Crippen molar-refractivity contribution >= 4 is 39.2 Å². The number of carbonyl (C=O) groups is 1. The zero-order valence-corrected chi connectivity index (χ0v) is 21.7. The summed E-state index contributed by atoms with van der Waals surface area (Å²) in [5.41, 5.74) is 3.52. The molecule has 0 radical (unpaired) electrons. The van der Waals surface area contributed by atoms with Gasteiger partial charge >= 0.3 is 6.09 Å². The van der Waals surface area contributed by atoms with Crippen molar-refractivity contribution in [1.82, 2.24) is 15.2 Å². The number of rotatable bonds is 4. The number of halogens is 1. The minimum atomic E-state index is -0.524. The molecule has 1 amide bonds. The van der Waals surface area contributed by atoms with Crippen molar-refractivity contribution in [3.8, 4) is 16.9 Å². The van der Waals surface area contributed by atoms with Crippen LogP contribution in [0.25, 0.3) is 21.3 Å². The topological polar surface area (TPSA) is 83.9 Å². The van der Waals surface area contributed by atoms with Gasteiger partial charge in [-0.15, -0.1) is 11.3 Å². The maximum atomic E-state index is 12.3. The highest BCUT2D eigenvalue weighted by molar-refractivity contribution is 7.19. The molecule has 2 aliphatic heterocycles. The second-order valence-electron chi connectivity index (χ2n) is 10.1. The maximum absolute atomic E-state index is 12.3. The van der Waals surface area contributed by atoms with Crippen LogP contribution in [0.4, 0.5) is 4.79 Å². The van der Waals surface area contributed by atoms with Gasteiger partial charge in [-0.1, -0.05) is 11.6 Å². The van der Waals surface area contributed by atoms with Crippen molar-refractivity contribution < 1.29 is 19.4 Å². The molecule has 2 atom stereocenters. The Labute approximate surface area is 214 Å². The minimum Gasteiger partial charge on any atom is -0.493 e. The SMILES string of the molecule is CC(C)(C)OC(=O)N[C@@H]1CCN([C@@H]2CCOc3cc(Cl)cc(-c4ccnc5cc(CO)sc45)c32)C1. The smallest absolute Gasteiger partial charge is 0.407 e. The largest absolute Gasteiger partial charge is 0.493 e. The predicted molar refractivity (Wildman–Crippen MR) is 138 cm³/mol. The number of hydrogen-bond acceptors (Lipinski definition) is 7. The van der Waals surface area contributed by atoms with Crippen LogP contribution in [0.3, 0.4) is 0 Å². The summed E-state index contributed by atoms with van der Waals surface area (Å²) in [6.45, 7) is 7.80. The highest BCUT2D eigenvalue weighted by Gasteiger charge is 2.36. The number of alkyl carbamates (subject to hydrolysis) is 1. The van der Waals surface area contributed by atoms with Crippen LogP contribution in [0.1, 0.15) is 50.1 Å². The van der Waals surface area contributed by atoms with E-state index in [9.17, 15) is 9.90 Å². The number of likely N-dealkylation sites (tertiary alicyclic amines) is 1. The monoisotopic (exact) mass is 515 g/mol. The lowest BCUT2D eigenvalue weighted by molar-refractivity contribution is 0.0503. The molecule has 2 N–H and O–H groups in total. The van der Waals surface area contributed by atoms with Crippen LogP contribution in [0.15, 0.2) is 30.5 Å². The van der Waals surface area contributed by atoms with Crippen LogP contribution < -0.4 is 10.1 Å². The van der Waals surface area contributed by atoms with E-state index in [-0.39, 0.29) is 24.8 Å². The van der Waals surface area contributed by atoms with Crippen molar-refractivity contribution in [1.29, 1.82) is 0 Å². The lowest BCUT2D eigenvalue weighted by Gasteiger charge is -2.35. The van der Waals surface area contributed by atoms with Crippen molar-refractivity contribution in [2.24, 2.45) is 0 Å². The summed E-state index contributed by atoms with van der Waals surface area (Å²) in [5, 5.41) is 13.3. The van der Waals surface area contributed by atoms with Crippen LogP contribution in [0, 0.1) is 0 Å². The van der Waals surface area contributed by atoms with E-state index in [0.717, 1.165) is 63.5 Å². The van der Waals surface area contributed by atoms with E-state index < -0.39 is 5.60 Å². The average molecular weight is 516 g/mol. The van der Waals surface area contributed by atoms with Crippen LogP contribution in [-0.2, 0) is 11.3 Å².